The van der Waals surface area contributed by atoms with Crippen molar-refractivity contribution in [1.29, 1.82) is 0 Å². The van der Waals surface area contributed by atoms with Gasteiger partial charge < -0.3 is 16.0 Å². The van der Waals surface area contributed by atoms with Crippen molar-refractivity contribution < 1.29 is 14.4 Å². The Morgan fingerprint density at radius 3 is 1.90 bits per heavy atom. The lowest BCUT2D eigenvalue weighted by Crippen LogP contribution is -2.56. The molecular weight excluding hydrogens is 390 g/mol. The quantitative estimate of drug-likeness (QED) is 0.591. The molecule has 2 fully saturated rings. The Labute approximate surface area is 189 Å². The van der Waals surface area contributed by atoms with Gasteiger partial charge in [0.1, 0.15) is 12.1 Å². The molecule has 3 amide bonds. The first-order chi connectivity index (χ1) is 14.5. The molecule has 6 heteroatoms. The molecule has 0 spiro atoms. The van der Waals surface area contributed by atoms with Crippen LogP contribution >= 0.6 is 0 Å². The predicted molar refractivity (Wildman–Crippen MR) is 124 cm³/mol. The van der Waals surface area contributed by atoms with E-state index in [0.29, 0.717) is 11.3 Å². The van der Waals surface area contributed by atoms with Gasteiger partial charge in [0.05, 0.1) is 0 Å². The maximum Gasteiger partial charge on any atom is 0.243 e. The monoisotopic (exact) mass is 435 g/mol. The number of nitrogens with one attached hydrogen (secondary N) is 3. The first-order valence-electron chi connectivity index (χ1n) is 12.4. The van der Waals surface area contributed by atoms with E-state index < -0.39 is 12.1 Å². The van der Waals surface area contributed by atoms with Crippen molar-refractivity contribution in [1.82, 2.24) is 16.0 Å². The number of likely N-dealkylation sites (N-methyl/N-ethyl adjacent to an activating group) is 1. The molecule has 3 N–H and O–H groups in total. The van der Waals surface area contributed by atoms with Crippen LogP contribution in [-0.4, -0.2) is 36.9 Å². The van der Waals surface area contributed by atoms with E-state index in [0.717, 1.165) is 38.5 Å². The second-order valence-corrected chi connectivity index (χ2v) is 10.8. The molecule has 178 valence electrons. The Hall–Kier alpha value is -1.59. The molecule has 0 unspecified atom stereocenters. The summed E-state index contributed by atoms with van der Waals surface area (Å²) in [4.78, 5) is 38.5. The standard InChI is InChI=1S/C25H45N3O3/c1-17(2)20(22(30)27-19(4)21(29)26-6)28-23(31)25-14-9-7-12-24(5,13-8-10-15-25)18(3)11-16-25/h17-20H,7-16H2,1-6H3,(H,26,29)(H,27,30)(H,28,31)/t18-,19-,20-,24?,25?/m0/s1. The average Bonchev–Trinajstić information content (AvgIpc) is 2.83. The lowest BCUT2D eigenvalue weighted by atomic mass is 9.70. The Balaban J connectivity index is 2.20. The highest BCUT2D eigenvalue weighted by molar-refractivity contribution is 5.93. The van der Waals surface area contributed by atoms with Gasteiger partial charge in [-0.2, -0.15) is 0 Å². The van der Waals surface area contributed by atoms with Gasteiger partial charge in [-0.15, -0.1) is 0 Å². The summed E-state index contributed by atoms with van der Waals surface area (Å²) < 4.78 is 0. The van der Waals surface area contributed by atoms with Crippen molar-refractivity contribution >= 4 is 17.7 Å². The van der Waals surface area contributed by atoms with Crippen molar-refractivity contribution in [2.24, 2.45) is 22.7 Å². The van der Waals surface area contributed by atoms with E-state index in [4.69, 9.17) is 0 Å². The van der Waals surface area contributed by atoms with Crippen LogP contribution in [0.15, 0.2) is 0 Å². The summed E-state index contributed by atoms with van der Waals surface area (Å²) in [7, 11) is 1.55. The Bertz CT molecular complexity index is 634. The molecule has 31 heavy (non-hydrogen) atoms. The number of fused-ring (bicyclic) bond motifs is 4. The molecule has 2 saturated carbocycles. The zero-order valence-electron chi connectivity index (χ0n) is 20.6. The maximum atomic E-state index is 13.7. The highest BCUT2D eigenvalue weighted by Gasteiger charge is 2.43. The van der Waals surface area contributed by atoms with Crippen molar-refractivity contribution in [3.63, 3.8) is 0 Å². The van der Waals surface area contributed by atoms with E-state index in [1.54, 1.807) is 14.0 Å². The third-order valence-corrected chi connectivity index (χ3v) is 8.27. The van der Waals surface area contributed by atoms with Gasteiger partial charge in [0.15, 0.2) is 0 Å². The molecule has 0 saturated heterocycles. The summed E-state index contributed by atoms with van der Waals surface area (Å²) in [6, 6.07) is -1.28. The first kappa shape index (κ1) is 25.7. The van der Waals surface area contributed by atoms with Crippen LogP contribution in [0.4, 0.5) is 0 Å². The van der Waals surface area contributed by atoms with Crippen LogP contribution in [0.5, 0.6) is 0 Å². The Morgan fingerprint density at radius 1 is 0.839 bits per heavy atom. The van der Waals surface area contributed by atoms with Crippen LogP contribution in [0.1, 0.15) is 98.8 Å². The molecule has 0 aromatic carbocycles. The normalized spacial score (nSPS) is 31.3. The van der Waals surface area contributed by atoms with Gasteiger partial charge in [0.25, 0.3) is 0 Å². The van der Waals surface area contributed by atoms with Crippen molar-refractivity contribution in [3.05, 3.63) is 0 Å². The molecule has 2 bridgehead atoms. The van der Waals surface area contributed by atoms with Crippen molar-refractivity contribution in [2.75, 3.05) is 7.05 Å². The van der Waals surface area contributed by atoms with E-state index in [1.165, 1.54) is 25.7 Å². The zero-order valence-corrected chi connectivity index (χ0v) is 20.6. The fraction of sp³-hybridized carbons (Fsp3) is 0.880. The summed E-state index contributed by atoms with van der Waals surface area (Å²) in [5, 5.41) is 8.43. The van der Waals surface area contributed by atoms with Gasteiger partial charge in [-0.25, -0.2) is 0 Å². The molecule has 2 rings (SSSR count). The highest BCUT2D eigenvalue weighted by Crippen LogP contribution is 2.49. The van der Waals surface area contributed by atoms with Gasteiger partial charge in [-0.3, -0.25) is 14.4 Å². The van der Waals surface area contributed by atoms with Crippen LogP contribution < -0.4 is 16.0 Å². The van der Waals surface area contributed by atoms with E-state index in [2.05, 4.69) is 29.8 Å². The van der Waals surface area contributed by atoms with Crippen LogP contribution in [0.25, 0.3) is 0 Å². The van der Waals surface area contributed by atoms with Crippen LogP contribution in [0, 0.1) is 22.7 Å². The molecule has 2 aliphatic carbocycles. The van der Waals surface area contributed by atoms with Crippen molar-refractivity contribution in [2.45, 2.75) is 111 Å². The van der Waals surface area contributed by atoms with Crippen molar-refractivity contribution in [3.8, 4) is 0 Å². The third-order valence-electron chi connectivity index (χ3n) is 8.27. The molecule has 0 aromatic rings. The molecule has 6 nitrogen and oxygen atoms in total. The van der Waals surface area contributed by atoms with E-state index in [1.807, 2.05) is 13.8 Å². The topological polar surface area (TPSA) is 87.3 Å². The second-order valence-electron chi connectivity index (χ2n) is 10.8. The number of hydrogen-bond acceptors (Lipinski definition) is 3. The Kier molecular flexibility index (Phi) is 8.96. The highest BCUT2D eigenvalue weighted by atomic mass is 16.2. The number of rotatable bonds is 6. The number of carbonyl (C=O) groups excluding carboxylic acids is 3. The van der Waals surface area contributed by atoms with Gasteiger partial charge >= 0.3 is 0 Å². The lowest BCUT2D eigenvalue weighted by Gasteiger charge is -2.36. The fourth-order valence-corrected chi connectivity index (χ4v) is 5.57. The summed E-state index contributed by atoms with van der Waals surface area (Å²) >= 11 is 0. The van der Waals surface area contributed by atoms with Gasteiger partial charge in [-0.1, -0.05) is 53.4 Å². The number of carbonyl (C=O) groups is 3. The summed E-state index contributed by atoms with van der Waals surface area (Å²) in [6.45, 7) is 10.3. The first-order valence-corrected chi connectivity index (χ1v) is 12.4. The minimum Gasteiger partial charge on any atom is -0.357 e. The van der Waals surface area contributed by atoms with Gasteiger partial charge in [0.2, 0.25) is 17.7 Å². The minimum atomic E-state index is -0.642. The zero-order chi connectivity index (χ0) is 23.2. The molecule has 3 atom stereocenters. The van der Waals surface area contributed by atoms with E-state index in [9.17, 15) is 14.4 Å². The molecule has 0 radical (unpaired) electrons. The summed E-state index contributed by atoms with van der Waals surface area (Å²) in [5.74, 6) is 0.0421. The predicted octanol–water partition coefficient (Wildman–Crippen LogP) is 3.93. The Morgan fingerprint density at radius 2 is 1.39 bits per heavy atom. The molecule has 0 aliphatic heterocycles. The average molecular weight is 436 g/mol. The number of hydrogen-bond donors (Lipinski definition) is 3. The van der Waals surface area contributed by atoms with Crippen LogP contribution in [0.2, 0.25) is 0 Å². The summed E-state index contributed by atoms with van der Waals surface area (Å²) in [6.07, 6.45) is 10.8. The largest absolute Gasteiger partial charge is 0.357 e. The smallest absolute Gasteiger partial charge is 0.243 e. The molecule has 2 aliphatic rings. The minimum absolute atomic E-state index is 0.0339. The number of amides is 3. The summed E-state index contributed by atoms with van der Waals surface area (Å²) in [5.41, 5.74) is -0.00306. The van der Waals surface area contributed by atoms with Crippen LogP contribution in [0.3, 0.4) is 0 Å². The molecular formula is C25H45N3O3. The lowest BCUT2D eigenvalue weighted by molar-refractivity contribution is -0.138. The van der Waals surface area contributed by atoms with Gasteiger partial charge in [-0.05, 0) is 62.7 Å². The third kappa shape index (κ3) is 6.23. The fourth-order valence-electron chi connectivity index (χ4n) is 5.57. The van der Waals surface area contributed by atoms with Crippen LogP contribution in [-0.2, 0) is 14.4 Å². The van der Waals surface area contributed by atoms with E-state index >= 15 is 0 Å². The van der Waals surface area contributed by atoms with Gasteiger partial charge in [0, 0.05) is 12.5 Å². The molecule has 0 aromatic heterocycles. The maximum absolute atomic E-state index is 13.7. The van der Waals surface area contributed by atoms with E-state index in [-0.39, 0.29) is 29.1 Å². The SMILES string of the molecule is CNC(=O)[C@H](C)NC(=O)[C@@H](NC(=O)C12CCCCC(C)(CCCC1)[C@@H](C)CC2)C(C)C. The second kappa shape index (κ2) is 10.8. The molecule has 0 heterocycles.